The Morgan fingerprint density at radius 1 is 1.53 bits per heavy atom. The number of carbonyl (C=O) groups excluding carboxylic acids is 1. The smallest absolute Gasteiger partial charge is 0.410 e. The lowest BCUT2D eigenvalue weighted by Gasteiger charge is -2.33. The van der Waals surface area contributed by atoms with Gasteiger partial charge < -0.3 is 9.84 Å². The molecule has 0 fully saturated rings. The van der Waals surface area contributed by atoms with Crippen molar-refractivity contribution in [1.29, 1.82) is 0 Å². The van der Waals surface area contributed by atoms with Gasteiger partial charge in [0.25, 0.3) is 0 Å². The van der Waals surface area contributed by atoms with Crippen molar-refractivity contribution in [2.45, 2.75) is 38.8 Å². The van der Waals surface area contributed by atoms with Crippen LogP contribution in [0.4, 0.5) is 4.79 Å². The van der Waals surface area contributed by atoms with Gasteiger partial charge in [0, 0.05) is 6.54 Å². The minimum absolute atomic E-state index is 0.0242. The van der Waals surface area contributed by atoms with Crippen molar-refractivity contribution in [3.05, 3.63) is 12.2 Å². The first kappa shape index (κ1) is 12.0. The summed E-state index contributed by atoms with van der Waals surface area (Å²) >= 11 is 0. The lowest BCUT2D eigenvalue weighted by Crippen LogP contribution is -2.46. The summed E-state index contributed by atoms with van der Waals surface area (Å²) in [4.78, 5) is 13.3. The Morgan fingerprint density at radius 2 is 2.20 bits per heavy atom. The van der Waals surface area contributed by atoms with E-state index in [9.17, 15) is 4.79 Å². The van der Waals surface area contributed by atoms with Crippen LogP contribution in [0.5, 0.6) is 0 Å². The third-order valence-electron chi connectivity index (χ3n) is 2.16. The summed E-state index contributed by atoms with van der Waals surface area (Å²) in [6.07, 6.45) is 4.22. The fraction of sp³-hybridized carbons (Fsp3) is 0.727. The van der Waals surface area contributed by atoms with Gasteiger partial charge >= 0.3 is 6.09 Å². The second-order valence-corrected chi connectivity index (χ2v) is 4.68. The SMILES string of the molecule is CC(C)(C)OC(=O)N1CC=CCC1CO. The Bertz CT molecular complexity index is 255. The van der Waals surface area contributed by atoms with E-state index in [1.54, 1.807) is 4.90 Å². The molecule has 0 aromatic rings. The molecule has 15 heavy (non-hydrogen) atoms. The first-order valence-electron chi connectivity index (χ1n) is 5.19. The molecule has 1 aliphatic heterocycles. The summed E-state index contributed by atoms with van der Waals surface area (Å²) in [6.45, 7) is 5.99. The highest BCUT2D eigenvalue weighted by atomic mass is 16.6. The Balaban J connectivity index is 2.61. The van der Waals surface area contributed by atoms with E-state index >= 15 is 0 Å². The molecule has 86 valence electrons. The number of carbonyl (C=O) groups is 1. The maximum atomic E-state index is 11.7. The van der Waals surface area contributed by atoms with Gasteiger partial charge in [-0.3, -0.25) is 4.90 Å². The molecule has 1 amide bonds. The van der Waals surface area contributed by atoms with Gasteiger partial charge in [0.1, 0.15) is 5.60 Å². The van der Waals surface area contributed by atoms with Gasteiger partial charge in [-0.2, -0.15) is 0 Å². The molecule has 0 aromatic carbocycles. The summed E-state index contributed by atoms with van der Waals surface area (Å²) in [5.41, 5.74) is -0.488. The zero-order valence-corrected chi connectivity index (χ0v) is 9.56. The van der Waals surface area contributed by atoms with Gasteiger partial charge in [0.05, 0.1) is 12.6 Å². The van der Waals surface area contributed by atoms with Crippen LogP contribution >= 0.6 is 0 Å². The Hall–Kier alpha value is -1.03. The summed E-state index contributed by atoms with van der Waals surface area (Å²) < 4.78 is 5.25. The maximum Gasteiger partial charge on any atom is 0.410 e. The molecule has 0 aliphatic carbocycles. The van der Waals surface area contributed by atoms with Crippen LogP contribution in [0.1, 0.15) is 27.2 Å². The Kier molecular flexibility index (Phi) is 3.74. The molecule has 4 heteroatoms. The normalized spacial score (nSPS) is 21.6. The molecule has 4 nitrogen and oxygen atoms in total. The van der Waals surface area contributed by atoms with Crippen LogP contribution in [0.2, 0.25) is 0 Å². The molecule has 1 unspecified atom stereocenters. The number of hydrogen-bond acceptors (Lipinski definition) is 3. The topological polar surface area (TPSA) is 49.8 Å². The number of aliphatic hydroxyl groups is 1. The minimum atomic E-state index is -0.488. The largest absolute Gasteiger partial charge is 0.444 e. The molecule has 1 aliphatic rings. The van der Waals surface area contributed by atoms with Crippen molar-refractivity contribution in [3.63, 3.8) is 0 Å². The summed E-state index contributed by atoms with van der Waals surface area (Å²) in [5, 5.41) is 9.13. The number of nitrogens with zero attached hydrogens (tertiary/aromatic N) is 1. The molecule has 0 saturated heterocycles. The predicted molar refractivity (Wildman–Crippen MR) is 57.6 cm³/mol. The van der Waals surface area contributed by atoms with Gasteiger partial charge in [-0.05, 0) is 27.2 Å². The van der Waals surface area contributed by atoms with E-state index in [1.807, 2.05) is 32.9 Å². The Morgan fingerprint density at radius 3 is 2.73 bits per heavy atom. The first-order valence-corrected chi connectivity index (χ1v) is 5.19. The van der Waals surface area contributed by atoms with E-state index in [1.165, 1.54) is 0 Å². The standard InChI is InChI=1S/C11H19NO3/c1-11(2,3)15-10(14)12-7-5-4-6-9(12)8-13/h4-5,9,13H,6-8H2,1-3H3. The lowest BCUT2D eigenvalue weighted by atomic mass is 10.1. The number of ether oxygens (including phenoxy) is 1. The maximum absolute atomic E-state index is 11.7. The average Bonchev–Trinajstić information content (AvgIpc) is 2.15. The van der Waals surface area contributed by atoms with Crippen molar-refractivity contribution in [2.24, 2.45) is 0 Å². The van der Waals surface area contributed by atoms with Crippen LogP contribution in [-0.4, -0.2) is 40.9 Å². The number of aliphatic hydroxyl groups excluding tert-OH is 1. The molecule has 0 saturated carbocycles. The van der Waals surface area contributed by atoms with E-state index < -0.39 is 5.60 Å². The third-order valence-corrected chi connectivity index (χ3v) is 2.16. The molecule has 0 radical (unpaired) electrons. The molecule has 0 spiro atoms. The number of rotatable bonds is 1. The molecule has 1 atom stereocenters. The van der Waals surface area contributed by atoms with Gasteiger partial charge in [0.2, 0.25) is 0 Å². The molecule has 1 N–H and O–H groups in total. The van der Waals surface area contributed by atoms with E-state index in [2.05, 4.69) is 0 Å². The first-order chi connectivity index (χ1) is 6.94. The van der Waals surface area contributed by atoms with Crippen molar-refractivity contribution < 1.29 is 14.6 Å². The molecular formula is C11H19NO3. The molecule has 0 aromatic heterocycles. The second kappa shape index (κ2) is 4.66. The fourth-order valence-corrected chi connectivity index (χ4v) is 1.43. The van der Waals surface area contributed by atoms with Gasteiger partial charge in [-0.25, -0.2) is 4.79 Å². The van der Waals surface area contributed by atoms with E-state index in [-0.39, 0.29) is 18.7 Å². The van der Waals surface area contributed by atoms with E-state index in [0.717, 1.165) is 0 Å². The highest BCUT2D eigenvalue weighted by Crippen LogP contribution is 2.16. The van der Waals surface area contributed by atoms with Gasteiger partial charge in [0.15, 0.2) is 0 Å². The molecule has 1 rings (SSSR count). The predicted octanol–water partition coefficient (Wildman–Crippen LogP) is 1.54. The zero-order valence-electron chi connectivity index (χ0n) is 9.56. The lowest BCUT2D eigenvalue weighted by molar-refractivity contribution is 0.0114. The fourth-order valence-electron chi connectivity index (χ4n) is 1.43. The van der Waals surface area contributed by atoms with Crippen LogP contribution in [-0.2, 0) is 4.74 Å². The highest BCUT2D eigenvalue weighted by molar-refractivity contribution is 5.69. The van der Waals surface area contributed by atoms with Crippen LogP contribution in [0.25, 0.3) is 0 Å². The average molecular weight is 213 g/mol. The van der Waals surface area contributed by atoms with Gasteiger partial charge in [-0.1, -0.05) is 12.2 Å². The third kappa shape index (κ3) is 3.55. The molecular weight excluding hydrogens is 194 g/mol. The highest BCUT2D eigenvalue weighted by Gasteiger charge is 2.27. The summed E-state index contributed by atoms with van der Waals surface area (Å²) in [5.74, 6) is 0. The summed E-state index contributed by atoms with van der Waals surface area (Å²) in [7, 11) is 0. The van der Waals surface area contributed by atoms with Crippen molar-refractivity contribution in [2.75, 3.05) is 13.2 Å². The second-order valence-electron chi connectivity index (χ2n) is 4.68. The zero-order chi connectivity index (χ0) is 11.5. The quantitative estimate of drug-likeness (QED) is 0.672. The number of amides is 1. The molecule has 0 bridgehead atoms. The van der Waals surface area contributed by atoms with Gasteiger partial charge in [-0.15, -0.1) is 0 Å². The Labute approximate surface area is 90.5 Å². The van der Waals surface area contributed by atoms with Crippen molar-refractivity contribution >= 4 is 6.09 Å². The van der Waals surface area contributed by atoms with E-state index in [0.29, 0.717) is 13.0 Å². The van der Waals surface area contributed by atoms with Crippen LogP contribution in [0, 0.1) is 0 Å². The van der Waals surface area contributed by atoms with Crippen molar-refractivity contribution in [3.8, 4) is 0 Å². The van der Waals surface area contributed by atoms with E-state index in [4.69, 9.17) is 9.84 Å². The number of hydrogen-bond donors (Lipinski definition) is 1. The van der Waals surface area contributed by atoms with Crippen LogP contribution in [0.15, 0.2) is 12.2 Å². The molecule has 1 heterocycles. The summed E-state index contributed by atoms with van der Waals surface area (Å²) in [6, 6.07) is -0.148. The van der Waals surface area contributed by atoms with Crippen LogP contribution in [0.3, 0.4) is 0 Å². The minimum Gasteiger partial charge on any atom is -0.444 e. The monoisotopic (exact) mass is 213 g/mol. The van der Waals surface area contributed by atoms with Crippen LogP contribution < -0.4 is 0 Å². The van der Waals surface area contributed by atoms with Crippen molar-refractivity contribution in [1.82, 2.24) is 4.90 Å².